The number of carbonyl (C=O) groups excluding carboxylic acids is 1. The summed E-state index contributed by atoms with van der Waals surface area (Å²) >= 11 is 1.75. The van der Waals surface area contributed by atoms with Gasteiger partial charge in [0, 0.05) is 31.0 Å². The fraction of sp³-hybridized carbons (Fsp3) is 0.409. The highest BCUT2D eigenvalue weighted by atomic mass is 32.2. The van der Waals surface area contributed by atoms with Crippen LogP contribution in [-0.2, 0) is 21.4 Å². The first-order valence-corrected chi connectivity index (χ1v) is 12.5. The summed E-state index contributed by atoms with van der Waals surface area (Å²) in [6.07, 6.45) is 4.25. The van der Waals surface area contributed by atoms with E-state index in [-0.39, 0.29) is 5.91 Å². The third-order valence-electron chi connectivity index (χ3n) is 4.93. The molecule has 1 saturated heterocycles. The third-order valence-corrected chi connectivity index (χ3v) is 7.94. The minimum atomic E-state index is -3.40. The van der Waals surface area contributed by atoms with Crippen molar-refractivity contribution in [3.63, 3.8) is 0 Å². The van der Waals surface area contributed by atoms with Gasteiger partial charge in [-0.2, -0.15) is 4.31 Å². The zero-order chi connectivity index (χ0) is 20.5. The van der Waals surface area contributed by atoms with E-state index >= 15 is 0 Å². The quantitative estimate of drug-likeness (QED) is 0.480. The number of piperidine rings is 1. The number of hydrogen-bond acceptors (Lipinski definition) is 4. The molecule has 5 nitrogen and oxygen atoms in total. The summed E-state index contributed by atoms with van der Waals surface area (Å²) in [5.41, 5.74) is 0.898. The van der Waals surface area contributed by atoms with Crippen LogP contribution in [0.5, 0.6) is 0 Å². The summed E-state index contributed by atoms with van der Waals surface area (Å²) in [4.78, 5) is 13.6. The number of nitrogens with one attached hydrogen (secondary N) is 1. The van der Waals surface area contributed by atoms with Crippen LogP contribution < -0.4 is 5.32 Å². The molecule has 0 bridgehead atoms. The molecule has 2 aromatic carbocycles. The van der Waals surface area contributed by atoms with Gasteiger partial charge < -0.3 is 5.32 Å². The van der Waals surface area contributed by atoms with Crippen LogP contribution in [0, 0.1) is 0 Å². The number of benzene rings is 2. The lowest BCUT2D eigenvalue weighted by atomic mass is 10.2. The van der Waals surface area contributed by atoms with E-state index < -0.39 is 10.0 Å². The molecule has 0 spiro atoms. The molecule has 1 heterocycles. The molecule has 0 aliphatic carbocycles. The van der Waals surface area contributed by atoms with Crippen molar-refractivity contribution >= 4 is 27.7 Å². The number of thioether (sulfide) groups is 1. The Kier molecular flexibility index (Phi) is 8.15. The van der Waals surface area contributed by atoms with Crippen molar-refractivity contribution in [1.82, 2.24) is 9.62 Å². The lowest BCUT2D eigenvalue weighted by Crippen LogP contribution is -2.35. The normalized spacial score (nSPS) is 15.2. The van der Waals surface area contributed by atoms with Gasteiger partial charge in [-0.25, -0.2) is 8.42 Å². The number of amides is 1. The molecule has 0 saturated carbocycles. The SMILES string of the molecule is O=C(CCCSc1ccccc1)NCc1ccc(S(=O)(=O)N2CCCCC2)cc1. The van der Waals surface area contributed by atoms with Crippen LogP contribution in [-0.4, -0.2) is 37.5 Å². The van der Waals surface area contributed by atoms with Gasteiger partial charge in [-0.3, -0.25) is 4.79 Å². The van der Waals surface area contributed by atoms with E-state index in [1.807, 2.05) is 18.2 Å². The average molecular weight is 433 g/mol. The Morgan fingerprint density at radius 3 is 2.34 bits per heavy atom. The highest BCUT2D eigenvalue weighted by Gasteiger charge is 2.25. The summed E-state index contributed by atoms with van der Waals surface area (Å²) in [5.74, 6) is 0.921. The standard InChI is InChI=1S/C22H28N2O3S2/c25-22(10-7-17-28-20-8-3-1-4-9-20)23-18-19-11-13-21(14-12-19)29(26,27)24-15-5-2-6-16-24/h1,3-4,8-9,11-14H,2,5-7,10,15-18H2,(H,23,25). The van der Waals surface area contributed by atoms with Crippen molar-refractivity contribution in [2.45, 2.75) is 48.4 Å². The second kappa shape index (κ2) is 10.8. The highest BCUT2D eigenvalue weighted by Crippen LogP contribution is 2.21. The van der Waals surface area contributed by atoms with Crippen LogP contribution in [0.3, 0.4) is 0 Å². The Labute approximate surface area is 177 Å². The second-order valence-corrected chi connectivity index (χ2v) is 10.3. The average Bonchev–Trinajstić information content (AvgIpc) is 2.77. The fourth-order valence-corrected chi connectivity index (χ4v) is 5.65. The number of sulfonamides is 1. The molecule has 3 rings (SSSR count). The number of rotatable bonds is 9. The van der Waals surface area contributed by atoms with Gasteiger partial charge in [0.25, 0.3) is 0 Å². The first-order valence-electron chi connectivity index (χ1n) is 10.1. The third kappa shape index (κ3) is 6.59. The maximum Gasteiger partial charge on any atom is 0.243 e. The zero-order valence-electron chi connectivity index (χ0n) is 16.5. The Bertz CT molecular complexity index is 878. The summed E-state index contributed by atoms with van der Waals surface area (Å²) in [6, 6.07) is 17.0. The largest absolute Gasteiger partial charge is 0.352 e. The van der Waals surface area contributed by atoms with Gasteiger partial charge in [0.2, 0.25) is 15.9 Å². The zero-order valence-corrected chi connectivity index (χ0v) is 18.2. The van der Waals surface area contributed by atoms with Crippen LogP contribution in [0.25, 0.3) is 0 Å². The van der Waals surface area contributed by atoms with Gasteiger partial charge in [0.1, 0.15) is 0 Å². The molecule has 1 fully saturated rings. The molecule has 1 N–H and O–H groups in total. The van der Waals surface area contributed by atoms with Crippen LogP contribution in [0.2, 0.25) is 0 Å². The maximum absolute atomic E-state index is 12.7. The van der Waals surface area contributed by atoms with E-state index in [1.165, 1.54) is 4.90 Å². The molecule has 29 heavy (non-hydrogen) atoms. The van der Waals surface area contributed by atoms with Gasteiger partial charge in [-0.15, -0.1) is 11.8 Å². The lowest BCUT2D eigenvalue weighted by molar-refractivity contribution is -0.121. The number of nitrogens with zero attached hydrogens (tertiary/aromatic N) is 1. The van der Waals surface area contributed by atoms with Gasteiger partial charge in [0.15, 0.2) is 0 Å². The van der Waals surface area contributed by atoms with Crippen molar-refractivity contribution in [2.75, 3.05) is 18.8 Å². The minimum Gasteiger partial charge on any atom is -0.352 e. The molecule has 0 unspecified atom stereocenters. The predicted molar refractivity (Wildman–Crippen MR) is 117 cm³/mol. The first-order chi connectivity index (χ1) is 14.1. The van der Waals surface area contributed by atoms with Gasteiger partial charge in [-0.05, 0) is 54.8 Å². The van der Waals surface area contributed by atoms with E-state index in [0.717, 1.165) is 37.0 Å². The minimum absolute atomic E-state index is 0.0173. The summed E-state index contributed by atoms with van der Waals surface area (Å²) in [5, 5.41) is 2.91. The van der Waals surface area contributed by atoms with Gasteiger partial charge in [-0.1, -0.05) is 36.8 Å². The van der Waals surface area contributed by atoms with E-state index in [0.29, 0.717) is 31.0 Å². The van der Waals surface area contributed by atoms with Crippen LogP contribution in [0.4, 0.5) is 0 Å². The highest BCUT2D eigenvalue weighted by molar-refractivity contribution is 7.99. The van der Waals surface area contributed by atoms with Crippen molar-refractivity contribution in [3.8, 4) is 0 Å². The summed E-state index contributed by atoms with van der Waals surface area (Å²) < 4.78 is 26.9. The monoisotopic (exact) mass is 432 g/mol. The predicted octanol–water partition coefficient (Wildman–Crippen LogP) is 4.05. The van der Waals surface area contributed by atoms with Crippen molar-refractivity contribution in [1.29, 1.82) is 0 Å². The van der Waals surface area contributed by atoms with E-state index in [2.05, 4.69) is 17.4 Å². The van der Waals surface area contributed by atoms with E-state index in [1.54, 1.807) is 40.3 Å². The molecular formula is C22H28N2O3S2. The maximum atomic E-state index is 12.7. The Morgan fingerprint density at radius 2 is 1.66 bits per heavy atom. The fourth-order valence-electron chi connectivity index (χ4n) is 3.26. The van der Waals surface area contributed by atoms with Gasteiger partial charge >= 0.3 is 0 Å². The van der Waals surface area contributed by atoms with Crippen molar-refractivity contribution in [3.05, 3.63) is 60.2 Å². The smallest absolute Gasteiger partial charge is 0.243 e. The van der Waals surface area contributed by atoms with Crippen molar-refractivity contribution < 1.29 is 13.2 Å². The molecular weight excluding hydrogens is 404 g/mol. The van der Waals surface area contributed by atoms with E-state index in [4.69, 9.17) is 0 Å². The molecule has 0 radical (unpaired) electrons. The summed E-state index contributed by atoms with van der Waals surface area (Å²) in [7, 11) is -3.40. The Morgan fingerprint density at radius 1 is 0.966 bits per heavy atom. The van der Waals surface area contributed by atoms with Crippen LogP contribution in [0.1, 0.15) is 37.7 Å². The molecule has 0 atom stereocenters. The molecule has 7 heteroatoms. The van der Waals surface area contributed by atoms with Crippen LogP contribution in [0.15, 0.2) is 64.4 Å². The Balaban J connectivity index is 1.41. The van der Waals surface area contributed by atoms with Crippen LogP contribution >= 0.6 is 11.8 Å². The second-order valence-electron chi connectivity index (χ2n) is 7.15. The summed E-state index contributed by atoms with van der Waals surface area (Å²) in [6.45, 7) is 1.61. The topological polar surface area (TPSA) is 66.5 Å². The molecule has 1 aliphatic rings. The molecule has 0 aromatic heterocycles. The van der Waals surface area contributed by atoms with Gasteiger partial charge in [0.05, 0.1) is 4.90 Å². The van der Waals surface area contributed by atoms with E-state index in [9.17, 15) is 13.2 Å². The molecule has 2 aromatic rings. The molecule has 156 valence electrons. The number of hydrogen-bond donors (Lipinski definition) is 1. The molecule has 1 aliphatic heterocycles. The lowest BCUT2D eigenvalue weighted by Gasteiger charge is -2.25. The number of carbonyl (C=O) groups is 1. The van der Waals surface area contributed by atoms with Crippen molar-refractivity contribution in [2.24, 2.45) is 0 Å². The molecule has 1 amide bonds. The first kappa shape index (κ1) is 21.9. The Hall–Kier alpha value is -1.83.